The van der Waals surface area contributed by atoms with E-state index in [4.69, 9.17) is 9.47 Å². The van der Waals surface area contributed by atoms with Gasteiger partial charge in [-0.25, -0.2) is 16.8 Å². The van der Waals surface area contributed by atoms with Crippen LogP contribution in [0, 0.1) is 0 Å². The van der Waals surface area contributed by atoms with Crippen molar-refractivity contribution in [1.82, 2.24) is 4.57 Å². The minimum atomic E-state index is -3.64. The molecule has 2 heterocycles. The summed E-state index contributed by atoms with van der Waals surface area (Å²) in [6.45, 7) is 2.15. The quantitative estimate of drug-likeness (QED) is 0.379. The number of thiophene rings is 1. The van der Waals surface area contributed by atoms with E-state index < -0.39 is 25.9 Å². The molecule has 3 aromatic rings. The van der Waals surface area contributed by atoms with Gasteiger partial charge in [-0.05, 0) is 24.6 Å². The molecule has 0 bridgehead atoms. The molecule has 0 saturated carbocycles. The molecule has 10 nitrogen and oxygen atoms in total. The van der Waals surface area contributed by atoms with Gasteiger partial charge < -0.3 is 24.3 Å². The molecule has 1 aromatic carbocycles. The molecule has 0 amide bonds. The molecule has 13 heteroatoms. The number of hydrogen-bond donors (Lipinski definition) is 3. The zero-order valence-electron chi connectivity index (χ0n) is 19.0. The third-order valence-corrected chi connectivity index (χ3v) is 7.53. The van der Waals surface area contributed by atoms with Crippen molar-refractivity contribution in [3.63, 3.8) is 0 Å². The number of rotatable bonds is 9. The molecule has 3 rings (SSSR count). The van der Waals surface area contributed by atoms with Gasteiger partial charge in [0.2, 0.25) is 10.0 Å². The number of benzene rings is 1. The Kier molecular flexibility index (Phi) is 7.38. The van der Waals surface area contributed by atoms with E-state index in [1.54, 1.807) is 30.5 Å². The Labute approximate surface area is 201 Å². The maximum atomic E-state index is 12.4. The SMILES string of the molecule is CCOc1cc(C(CS(C)(=O)=O)n2c(=CO)c3csc(NS(C)(=O)=O)c3c2=CO)ccc1OC. The summed E-state index contributed by atoms with van der Waals surface area (Å²) in [5.74, 6) is 0.486. The fourth-order valence-electron chi connectivity index (χ4n) is 3.79. The first-order chi connectivity index (χ1) is 15.9. The highest BCUT2D eigenvalue weighted by atomic mass is 32.2. The molecular weight excluding hydrogens is 504 g/mol. The van der Waals surface area contributed by atoms with E-state index in [0.29, 0.717) is 34.4 Å². The van der Waals surface area contributed by atoms with Crippen LogP contribution in [0.2, 0.25) is 0 Å². The van der Waals surface area contributed by atoms with Crippen molar-refractivity contribution in [3.8, 4) is 11.5 Å². The summed E-state index contributed by atoms with van der Waals surface area (Å²) in [7, 11) is -5.72. The highest BCUT2D eigenvalue weighted by Gasteiger charge is 2.26. The van der Waals surface area contributed by atoms with Crippen LogP contribution >= 0.6 is 11.3 Å². The van der Waals surface area contributed by atoms with Gasteiger partial charge in [-0.2, -0.15) is 0 Å². The molecule has 1 unspecified atom stereocenters. The Hall–Kier alpha value is -2.90. The number of methoxy groups -OCH3 is 1. The molecule has 186 valence electrons. The number of ether oxygens (including phenoxy) is 2. The minimum absolute atomic E-state index is 0.130. The van der Waals surface area contributed by atoms with E-state index >= 15 is 0 Å². The standard InChI is InChI=1S/C21H26N2O8S3/c1-5-31-19-8-13(6-7-18(19)30-2)17(12-33(3,26)27)23-15(9-24)14-11-32-21(22-34(4,28)29)20(14)16(23)10-25/h6-11,17,22,24-25H,5,12H2,1-4H3. The van der Waals surface area contributed by atoms with Gasteiger partial charge in [0.25, 0.3) is 0 Å². The molecule has 2 aromatic heterocycles. The molecule has 0 aliphatic rings. The van der Waals surface area contributed by atoms with Crippen molar-refractivity contribution in [3.05, 3.63) is 39.8 Å². The number of aliphatic hydroxyl groups excluding tert-OH is 2. The Morgan fingerprint density at radius 3 is 2.32 bits per heavy atom. The van der Waals surface area contributed by atoms with E-state index in [1.807, 2.05) is 0 Å². The van der Waals surface area contributed by atoms with Crippen LogP contribution in [-0.4, -0.2) is 63.6 Å². The van der Waals surface area contributed by atoms with E-state index in [9.17, 15) is 27.0 Å². The van der Waals surface area contributed by atoms with Crippen LogP contribution in [0.4, 0.5) is 5.00 Å². The lowest BCUT2D eigenvalue weighted by Gasteiger charge is -2.21. The molecule has 0 aliphatic heterocycles. The van der Waals surface area contributed by atoms with E-state index in [2.05, 4.69) is 4.72 Å². The fraction of sp³-hybridized carbons (Fsp3) is 0.333. The number of sulfone groups is 1. The average molecular weight is 531 g/mol. The van der Waals surface area contributed by atoms with E-state index in [-0.39, 0.29) is 21.5 Å². The largest absolute Gasteiger partial charge is 0.513 e. The normalized spacial score (nSPS) is 14.5. The lowest BCUT2D eigenvalue weighted by atomic mass is 10.1. The number of hydrogen-bond acceptors (Lipinski definition) is 9. The van der Waals surface area contributed by atoms with Crippen LogP contribution in [-0.2, 0) is 19.9 Å². The van der Waals surface area contributed by atoms with Gasteiger partial charge in [-0.15, -0.1) is 11.3 Å². The van der Waals surface area contributed by atoms with Gasteiger partial charge in [-0.1, -0.05) is 6.07 Å². The maximum Gasteiger partial charge on any atom is 0.230 e. The van der Waals surface area contributed by atoms with Crippen LogP contribution in [0.1, 0.15) is 18.5 Å². The van der Waals surface area contributed by atoms with Crippen molar-refractivity contribution in [2.75, 3.05) is 36.7 Å². The van der Waals surface area contributed by atoms with Crippen molar-refractivity contribution in [1.29, 1.82) is 0 Å². The van der Waals surface area contributed by atoms with Gasteiger partial charge in [0.05, 0.1) is 42.5 Å². The number of aliphatic hydroxyl groups is 2. The lowest BCUT2D eigenvalue weighted by Crippen LogP contribution is -2.35. The highest BCUT2D eigenvalue weighted by molar-refractivity contribution is 7.92. The number of fused-ring (bicyclic) bond motifs is 1. The van der Waals surface area contributed by atoms with Crippen molar-refractivity contribution >= 4 is 59.5 Å². The third-order valence-electron chi connectivity index (χ3n) is 5.01. The second kappa shape index (κ2) is 9.76. The molecule has 0 radical (unpaired) electrons. The molecule has 0 saturated heterocycles. The van der Waals surface area contributed by atoms with Crippen LogP contribution in [0.3, 0.4) is 0 Å². The lowest BCUT2D eigenvalue weighted by molar-refractivity contribution is 0.310. The molecule has 0 aliphatic carbocycles. The van der Waals surface area contributed by atoms with E-state index in [1.165, 1.54) is 11.7 Å². The van der Waals surface area contributed by atoms with Gasteiger partial charge in [-0.3, -0.25) is 4.72 Å². The van der Waals surface area contributed by atoms with Gasteiger partial charge >= 0.3 is 0 Å². The Morgan fingerprint density at radius 1 is 1.12 bits per heavy atom. The van der Waals surface area contributed by atoms with Crippen LogP contribution in [0.5, 0.6) is 11.5 Å². The summed E-state index contributed by atoms with van der Waals surface area (Å²) < 4.78 is 63.4. The van der Waals surface area contributed by atoms with Crippen LogP contribution in [0.15, 0.2) is 23.6 Å². The smallest absolute Gasteiger partial charge is 0.230 e. The first-order valence-electron chi connectivity index (χ1n) is 10.0. The van der Waals surface area contributed by atoms with Crippen LogP contribution in [0.25, 0.3) is 23.3 Å². The maximum absolute atomic E-state index is 12.4. The fourth-order valence-corrected chi connectivity index (χ4v) is 6.60. The van der Waals surface area contributed by atoms with Gasteiger partial charge in [0, 0.05) is 22.4 Å². The number of anilines is 1. The Balaban J connectivity index is 2.39. The van der Waals surface area contributed by atoms with Gasteiger partial charge in [0.15, 0.2) is 11.5 Å². The summed E-state index contributed by atoms with van der Waals surface area (Å²) in [6, 6.07) is 4.05. The number of sulfonamides is 1. The first kappa shape index (κ1) is 25.7. The first-order valence-corrected chi connectivity index (χ1v) is 14.8. The Bertz CT molecular complexity index is 1540. The van der Waals surface area contributed by atoms with Crippen molar-refractivity contribution < 1.29 is 36.5 Å². The molecule has 1 atom stereocenters. The topological polar surface area (TPSA) is 144 Å². The number of aromatic nitrogens is 1. The summed E-state index contributed by atoms with van der Waals surface area (Å²) in [6.07, 6.45) is 3.64. The van der Waals surface area contributed by atoms with Crippen molar-refractivity contribution in [2.24, 2.45) is 0 Å². The second-order valence-corrected chi connectivity index (χ2v) is 12.4. The molecular formula is C21H26N2O8S3. The van der Waals surface area contributed by atoms with Crippen molar-refractivity contribution in [2.45, 2.75) is 13.0 Å². The minimum Gasteiger partial charge on any atom is -0.513 e. The molecule has 3 N–H and O–H groups in total. The molecule has 0 spiro atoms. The zero-order chi connectivity index (χ0) is 25.3. The monoisotopic (exact) mass is 530 g/mol. The second-order valence-electron chi connectivity index (χ2n) is 7.58. The zero-order valence-corrected chi connectivity index (χ0v) is 21.4. The molecule has 34 heavy (non-hydrogen) atoms. The third kappa shape index (κ3) is 5.26. The molecule has 0 fully saturated rings. The summed E-state index contributed by atoms with van der Waals surface area (Å²) in [4.78, 5) is 0. The predicted octanol–water partition coefficient (Wildman–Crippen LogP) is 1.71. The van der Waals surface area contributed by atoms with Gasteiger partial charge in [0.1, 0.15) is 27.4 Å². The number of nitrogens with zero attached hydrogens (tertiary/aromatic N) is 1. The number of nitrogens with one attached hydrogen (secondary N) is 1. The van der Waals surface area contributed by atoms with Crippen LogP contribution < -0.4 is 24.9 Å². The summed E-state index contributed by atoms with van der Waals surface area (Å²) in [5.41, 5.74) is 0.514. The Morgan fingerprint density at radius 2 is 1.79 bits per heavy atom. The van der Waals surface area contributed by atoms with E-state index in [0.717, 1.165) is 36.4 Å². The highest BCUT2D eigenvalue weighted by Crippen LogP contribution is 2.33. The predicted molar refractivity (Wildman–Crippen MR) is 134 cm³/mol. The summed E-state index contributed by atoms with van der Waals surface area (Å²) in [5, 5.41) is 23.2. The average Bonchev–Trinajstić information content (AvgIpc) is 3.28. The summed E-state index contributed by atoms with van der Waals surface area (Å²) >= 11 is 1.08.